The topological polar surface area (TPSA) is 70.8 Å². The van der Waals surface area contributed by atoms with Gasteiger partial charge in [-0.05, 0) is 48.5 Å². The Morgan fingerprint density at radius 2 is 1.57 bits per heavy atom. The van der Waals surface area contributed by atoms with Crippen molar-refractivity contribution in [3.63, 3.8) is 0 Å². The standard InChI is InChI=1S/C16H17NO4/c1-19-14-6-2-12(3-7-14)16(18)21-11-10-20-15-8-4-13(17)5-9-15/h2-9H,10-11,17H2,1H3. The molecule has 5 heteroatoms. The number of nitrogens with two attached hydrogens (primary N) is 1. The number of rotatable bonds is 6. The molecule has 0 unspecified atom stereocenters. The second kappa shape index (κ2) is 7.19. The molecule has 2 N–H and O–H groups in total. The molecule has 0 atom stereocenters. The summed E-state index contributed by atoms with van der Waals surface area (Å²) >= 11 is 0. The van der Waals surface area contributed by atoms with E-state index in [0.29, 0.717) is 22.7 Å². The third-order valence-electron chi connectivity index (χ3n) is 2.79. The number of ether oxygens (including phenoxy) is 3. The van der Waals surface area contributed by atoms with Crippen LogP contribution in [0.3, 0.4) is 0 Å². The van der Waals surface area contributed by atoms with Crippen LogP contribution in [0.2, 0.25) is 0 Å². The van der Waals surface area contributed by atoms with Gasteiger partial charge in [0.15, 0.2) is 0 Å². The minimum absolute atomic E-state index is 0.176. The Hall–Kier alpha value is -2.69. The average molecular weight is 287 g/mol. The summed E-state index contributed by atoms with van der Waals surface area (Å²) < 4.78 is 15.6. The van der Waals surface area contributed by atoms with Crippen LogP contribution in [0.5, 0.6) is 11.5 Å². The van der Waals surface area contributed by atoms with E-state index in [9.17, 15) is 4.79 Å². The van der Waals surface area contributed by atoms with E-state index in [0.717, 1.165) is 0 Å². The average Bonchev–Trinajstić information content (AvgIpc) is 2.53. The largest absolute Gasteiger partial charge is 0.497 e. The number of anilines is 1. The van der Waals surface area contributed by atoms with E-state index >= 15 is 0 Å². The minimum atomic E-state index is -0.390. The quantitative estimate of drug-likeness (QED) is 0.502. The number of carbonyl (C=O) groups excluding carboxylic acids is 1. The molecule has 0 radical (unpaired) electrons. The first kappa shape index (κ1) is 14.7. The predicted molar refractivity (Wildman–Crippen MR) is 79.6 cm³/mol. The lowest BCUT2D eigenvalue weighted by atomic mass is 10.2. The van der Waals surface area contributed by atoms with E-state index in [1.807, 2.05) is 0 Å². The van der Waals surface area contributed by atoms with E-state index in [2.05, 4.69) is 0 Å². The fourth-order valence-corrected chi connectivity index (χ4v) is 1.67. The molecule has 2 aromatic rings. The monoisotopic (exact) mass is 287 g/mol. The molecule has 110 valence electrons. The molecule has 2 aromatic carbocycles. The lowest BCUT2D eigenvalue weighted by Crippen LogP contribution is -2.12. The van der Waals surface area contributed by atoms with Gasteiger partial charge in [0.2, 0.25) is 0 Å². The summed E-state index contributed by atoms with van der Waals surface area (Å²) in [6, 6.07) is 13.8. The first-order valence-electron chi connectivity index (χ1n) is 6.48. The van der Waals surface area contributed by atoms with Crippen LogP contribution >= 0.6 is 0 Å². The summed E-state index contributed by atoms with van der Waals surface area (Å²) in [5, 5.41) is 0. The Labute approximate surface area is 123 Å². The predicted octanol–water partition coefficient (Wildman–Crippen LogP) is 2.51. The highest BCUT2D eigenvalue weighted by atomic mass is 16.6. The van der Waals surface area contributed by atoms with Crippen molar-refractivity contribution in [2.75, 3.05) is 26.1 Å². The summed E-state index contributed by atoms with van der Waals surface area (Å²) in [7, 11) is 1.57. The molecule has 0 aromatic heterocycles. The SMILES string of the molecule is COc1ccc(C(=O)OCCOc2ccc(N)cc2)cc1. The van der Waals surface area contributed by atoms with E-state index in [-0.39, 0.29) is 13.2 Å². The lowest BCUT2D eigenvalue weighted by Gasteiger charge is -2.08. The maximum absolute atomic E-state index is 11.8. The third-order valence-corrected chi connectivity index (χ3v) is 2.79. The molecule has 0 saturated carbocycles. The van der Waals surface area contributed by atoms with Crippen molar-refractivity contribution in [3.8, 4) is 11.5 Å². The van der Waals surface area contributed by atoms with Gasteiger partial charge in [-0.1, -0.05) is 0 Å². The number of methoxy groups -OCH3 is 1. The highest BCUT2D eigenvalue weighted by Gasteiger charge is 2.06. The fourth-order valence-electron chi connectivity index (χ4n) is 1.67. The van der Waals surface area contributed by atoms with Crippen molar-refractivity contribution < 1.29 is 19.0 Å². The third kappa shape index (κ3) is 4.42. The first-order chi connectivity index (χ1) is 10.2. The Balaban J connectivity index is 1.74. The molecule has 0 aliphatic rings. The Bertz CT molecular complexity index is 578. The molecule has 0 bridgehead atoms. The lowest BCUT2D eigenvalue weighted by molar-refractivity contribution is 0.0450. The Morgan fingerprint density at radius 3 is 2.19 bits per heavy atom. The molecule has 0 heterocycles. The maximum atomic E-state index is 11.8. The van der Waals surface area contributed by atoms with Crippen LogP contribution in [0.4, 0.5) is 5.69 Å². The van der Waals surface area contributed by atoms with Crippen LogP contribution in [-0.4, -0.2) is 26.3 Å². The van der Waals surface area contributed by atoms with Crippen LogP contribution in [0.25, 0.3) is 0 Å². The normalized spacial score (nSPS) is 9.95. The molecular formula is C16H17NO4. The second-order valence-electron chi connectivity index (χ2n) is 4.28. The molecule has 0 spiro atoms. The summed E-state index contributed by atoms with van der Waals surface area (Å²) in [5.74, 6) is 0.987. The molecule has 0 saturated heterocycles. The number of carbonyl (C=O) groups is 1. The van der Waals surface area contributed by atoms with Crippen LogP contribution in [0, 0.1) is 0 Å². The highest BCUT2D eigenvalue weighted by Crippen LogP contribution is 2.13. The molecule has 0 aliphatic heterocycles. The van der Waals surface area contributed by atoms with Crippen molar-refractivity contribution >= 4 is 11.7 Å². The van der Waals surface area contributed by atoms with E-state index in [1.165, 1.54) is 0 Å². The number of esters is 1. The number of hydrogen-bond acceptors (Lipinski definition) is 5. The molecule has 0 fully saturated rings. The summed E-state index contributed by atoms with van der Waals surface area (Å²) in [6.07, 6.45) is 0. The van der Waals surface area contributed by atoms with Gasteiger partial charge in [0.05, 0.1) is 12.7 Å². The molecule has 0 amide bonds. The van der Waals surface area contributed by atoms with Crippen molar-refractivity contribution in [3.05, 3.63) is 54.1 Å². The van der Waals surface area contributed by atoms with Gasteiger partial charge in [-0.25, -0.2) is 4.79 Å². The van der Waals surface area contributed by atoms with Crippen molar-refractivity contribution in [1.82, 2.24) is 0 Å². The molecular weight excluding hydrogens is 270 g/mol. The van der Waals surface area contributed by atoms with Crippen molar-refractivity contribution in [1.29, 1.82) is 0 Å². The summed E-state index contributed by atoms with van der Waals surface area (Å²) in [4.78, 5) is 11.8. The molecule has 21 heavy (non-hydrogen) atoms. The minimum Gasteiger partial charge on any atom is -0.497 e. The zero-order valence-electron chi connectivity index (χ0n) is 11.7. The van der Waals surface area contributed by atoms with Gasteiger partial charge >= 0.3 is 5.97 Å². The zero-order chi connectivity index (χ0) is 15.1. The van der Waals surface area contributed by atoms with Crippen LogP contribution in [0.1, 0.15) is 10.4 Å². The van der Waals surface area contributed by atoms with Crippen molar-refractivity contribution in [2.45, 2.75) is 0 Å². The van der Waals surface area contributed by atoms with Gasteiger partial charge in [-0.2, -0.15) is 0 Å². The van der Waals surface area contributed by atoms with E-state index in [4.69, 9.17) is 19.9 Å². The number of hydrogen-bond donors (Lipinski definition) is 1. The Kier molecular flexibility index (Phi) is 5.04. The first-order valence-corrected chi connectivity index (χ1v) is 6.48. The highest BCUT2D eigenvalue weighted by molar-refractivity contribution is 5.89. The molecule has 0 aliphatic carbocycles. The number of benzene rings is 2. The number of nitrogen functional groups attached to an aromatic ring is 1. The Morgan fingerprint density at radius 1 is 0.952 bits per heavy atom. The molecule has 2 rings (SSSR count). The smallest absolute Gasteiger partial charge is 0.338 e. The van der Waals surface area contributed by atoms with Crippen molar-refractivity contribution in [2.24, 2.45) is 0 Å². The van der Waals surface area contributed by atoms with E-state index < -0.39 is 5.97 Å². The van der Waals surface area contributed by atoms with Gasteiger partial charge in [0.1, 0.15) is 24.7 Å². The van der Waals surface area contributed by atoms with Gasteiger partial charge in [0.25, 0.3) is 0 Å². The fraction of sp³-hybridized carbons (Fsp3) is 0.188. The van der Waals surface area contributed by atoms with Gasteiger partial charge in [-0.3, -0.25) is 0 Å². The van der Waals surface area contributed by atoms with Gasteiger partial charge in [-0.15, -0.1) is 0 Å². The summed E-state index contributed by atoms with van der Waals surface area (Å²) in [5.41, 5.74) is 6.72. The maximum Gasteiger partial charge on any atom is 0.338 e. The second-order valence-corrected chi connectivity index (χ2v) is 4.28. The van der Waals surface area contributed by atoms with Gasteiger partial charge in [0, 0.05) is 5.69 Å². The van der Waals surface area contributed by atoms with Crippen LogP contribution in [0.15, 0.2) is 48.5 Å². The summed E-state index contributed by atoms with van der Waals surface area (Å²) in [6.45, 7) is 0.459. The van der Waals surface area contributed by atoms with Gasteiger partial charge < -0.3 is 19.9 Å². The zero-order valence-corrected chi connectivity index (χ0v) is 11.7. The van der Waals surface area contributed by atoms with Crippen LogP contribution in [-0.2, 0) is 4.74 Å². The molecule has 5 nitrogen and oxygen atoms in total. The van der Waals surface area contributed by atoms with E-state index in [1.54, 1.807) is 55.6 Å². The van der Waals surface area contributed by atoms with Crippen LogP contribution < -0.4 is 15.2 Å².